The molecular formula is C18H25ClN4O2S. The van der Waals surface area contributed by atoms with Gasteiger partial charge in [-0.1, -0.05) is 17.3 Å². The number of thioether (sulfide) groups is 1. The van der Waals surface area contributed by atoms with Gasteiger partial charge in [0.2, 0.25) is 5.89 Å². The minimum atomic E-state index is 0. The molecule has 0 saturated carbocycles. The van der Waals surface area contributed by atoms with Gasteiger partial charge in [0.15, 0.2) is 5.82 Å². The summed E-state index contributed by atoms with van der Waals surface area (Å²) < 4.78 is 5.15. The fourth-order valence-corrected chi connectivity index (χ4v) is 3.99. The molecule has 2 N–H and O–H groups in total. The summed E-state index contributed by atoms with van der Waals surface area (Å²) >= 11 is 1.55. The van der Waals surface area contributed by atoms with E-state index in [0.29, 0.717) is 23.4 Å². The van der Waals surface area contributed by atoms with Crippen molar-refractivity contribution in [2.75, 3.05) is 13.1 Å². The van der Waals surface area contributed by atoms with Crippen LogP contribution >= 0.6 is 24.2 Å². The second kappa shape index (κ2) is 9.39. The first kappa shape index (κ1) is 20.7. The normalized spacial score (nSPS) is 16.2. The fourth-order valence-electron chi connectivity index (χ4n) is 3.11. The van der Waals surface area contributed by atoms with E-state index >= 15 is 0 Å². The summed E-state index contributed by atoms with van der Waals surface area (Å²) in [7, 11) is 0. The van der Waals surface area contributed by atoms with E-state index in [-0.39, 0.29) is 24.4 Å². The Morgan fingerprint density at radius 3 is 2.69 bits per heavy atom. The number of benzene rings is 1. The summed E-state index contributed by atoms with van der Waals surface area (Å²) in [6, 6.07) is 7.90. The molecule has 6 nitrogen and oxygen atoms in total. The molecule has 1 fully saturated rings. The predicted octanol–water partition coefficient (Wildman–Crippen LogP) is 3.29. The van der Waals surface area contributed by atoms with Crippen molar-refractivity contribution >= 4 is 30.1 Å². The molecule has 1 aromatic heterocycles. The molecule has 0 bridgehead atoms. The van der Waals surface area contributed by atoms with Crippen LogP contribution in [0.3, 0.4) is 0 Å². The van der Waals surface area contributed by atoms with Crippen LogP contribution in [0.2, 0.25) is 0 Å². The van der Waals surface area contributed by atoms with Gasteiger partial charge in [-0.3, -0.25) is 4.79 Å². The number of hydrogen-bond acceptors (Lipinski definition) is 6. The summed E-state index contributed by atoms with van der Waals surface area (Å²) in [5.41, 5.74) is 6.73. The molecule has 1 aromatic carbocycles. The predicted molar refractivity (Wildman–Crippen MR) is 105 cm³/mol. The number of aromatic nitrogens is 2. The first-order valence-electron chi connectivity index (χ1n) is 8.60. The molecule has 0 spiro atoms. The highest BCUT2D eigenvalue weighted by molar-refractivity contribution is 7.98. The smallest absolute Gasteiger partial charge is 0.254 e. The van der Waals surface area contributed by atoms with Gasteiger partial charge < -0.3 is 15.2 Å². The fraction of sp³-hybridized carbons (Fsp3) is 0.500. The number of piperidine rings is 1. The Labute approximate surface area is 164 Å². The molecule has 0 radical (unpaired) electrons. The van der Waals surface area contributed by atoms with Gasteiger partial charge in [0.1, 0.15) is 0 Å². The Hall–Kier alpha value is -1.57. The lowest BCUT2D eigenvalue weighted by Crippen LogP contribution is -2.42. The van der Waals surface area contributed by atoms with E-state index in [0.717, 1.165) is 36.4 Å². The number of likely N-dealkylation sites (tertiary alicyclic amines) is 1. The van der Waals surface area contributed by atoms with Gasteiger partial charge in [0, 0.05) is 24.0 Å². The summed E-state index contributed by atoms with van der Waals surface area (Å²) in [4.78, 5) is 20.0. The first-order chi connectivity index (χ1) is 12.0. The molecule has 1 amide bonds. The maximum absolute atomic E-state index is 12.9. The number of carbonyl (C=O) groups excluding carboxylic acids is 1. The van der Waals surface area contributed by atoms with Gasteiger partial charge in [0.05, 0.1) is 11.3 Å². The summed E-state index contributed by atoms with van der Waals surface area (Å²) in [6.45, 7) is 5.38. The van der Waals surface area contributed by atoms with Gasteiger partial charge >= 0.3 is 0 Å². The number of amides is 1. The molecule has 26 heavy (non-hydrogen) atoms. The third-order valence-electron chi connectivity index (χ3n) is 4.61. The number of hydrogen-bond donors (Lipinski definition) is 1. The molecule has 8 heteroatoms. The van der Waals surface area contributed by atoms with E-state index < -0.39 is 0 Å². The largest absolute Gasteiger partial charge is 0.339 e. The number of aryl methyl sites for hydroxylation is 1. The lowest BCUT2D eigenvalue weighted by Gasteiger charge is -2.34. The number of rotatable bonds is 5. The molecule has 1 atom stereocenters. The third-order valence-corrected chi connectivity index (χ3v) is 5.67. The van der Waals surface area contributed by atoms with Crippen LogP contribution in [0.4, 0.5) is 0 Å². The minimum absolute atomic E-state index is 0. The molecule has 142 valence electrons. The summed E-state index contributed by atoms with van der Waals surface area (Å²) in [6.07, 6.45) is 1.94. The number of nitrogens with two attached hydrogens (primary N) is 1. The zero-order valence-electron chi connectivity index (χ0n) is 15.1. The summed E-state index contributed by atoms with van der Waals surface area (Å²) in [5, 5.41) is 3.80. The Kier molecular flexibility index (Phi) is 7.49. The van der Waals surface area contributed by atoms with Crippen LogP contribution in [0.25, 0.3) is 0 Å². The van der Waals surface area contributed by atoms with Gasteiger partial charge in [-0.15, -0.1) is 24.2 Å². The van der Waals surface area contributed by atoms with Crippen molar-refractivity contribution in [1.29, 1.82) is 0 Å². The number of nitrogens with zero attached hydrogens (tertiary/aromatic N) is 3. The molecule has 2 aromatic rings. The molecule has 1 aliphatic heterocycles. The van der Waals surface area contributed by atoms with Crippen molar-refractivity contribution in [1.82, 2.24) is 15.0 Å². The van der Waals surface area contributed by atoms with E-state index in [9.17, 15) is 4.79 Å². The Morgan fingerprint density at radius 1 is 1.38 bits per heavy atom. The first-order valence-corrected chi connectivity index (χ1v) is 9.59. The minimum Gasteiger partial charge on any atom is -0.339 e. The van der Waals surface area contributed by atoms with Crippen LogP contribution in [-0.2, 0) is 5.75 Å². The van der Waals surface area contributed by atoms with E-state index in [1.165, 1.54) is 0 Å². The van der Waals surface area contributed by atoms with Crippen LogP contribution < -0.4 is 5.73 Å². The molecule has 3 rings (SSSR count). The number of halogens is 1. The van der Waals surface area contributed by atoms with Crippen LogP contribution in [0.1, 0.15) is 41.8 Å². The highest BCUT2D eigenvalue weighted by atomic mass is 35.5. The monoisotopic (exact) mass is 396 g/mol. The van der Waals surface area contributed by atoms with E-state index in [2.05, 4.69) is 10.1 Å². The third kappa shape index (κ3) is 4.99. The Bertz CT molecular complexity index is 729. The maximum Gasteiger partial charge on any atom is 0.254 e. The van der Waals surface area contributed by atoms with E-state index in [1.807, 2.05) is 36.1 Å². The zero-order valence-corrected chi connectivity index (χ0v) is 16.7. The van der Waals surface area contributed by atoms with Crippen molar-refractivity contribution in [3.8, 4) is 0 Å². The maximum atomic E-state index is 12.9. The lowest BCUT2D eigenvalue weighted by molar-refractivity contribution is 0.0677. The average Bonchev–Trinajstić information content (AvgIpc) is 3.05. The van der Waals surface area contributed by atoms with Crippen molar-refractivity contribution < 1.29 is 9.32 Å². The molecule has 1 saturated heterocycles. The lowest BCUT2D eigenvalue weighted by atomic mass is 9.90. The standard InChI is InChI=1S/C18H24N4O2S.ClH/c1-12(19)14-7-9-22(10-8-14)18(23)15-5-3-4-6-16(15)25-11-17-20-13(2)21-24-17;/h3-6,12,14H,7-11,19H2,1-2H3;1H. The second-order valence-electron chi connectivity index (χ2n) is 6.51. The highest BCUT2D eigenvalue weighted by Gasteiger charge is 2.26. The van der Waals surface area contributed by atoms with Crippen molar-refractivity contribution in [3.63, 3.8) is 0 Å². The molecule has 1 unspecified atom stereocenters. The Morgan fingerprint density at radius 2 is 2.08 bits per heavy atom. The molecular weight excluding hydrogens is 372 g/mol. The molecule has 2 heterocycles. The number of carbonyl (C=O) groups is 1. The van der Waals surface area contributed by atoms with Gasteiger partial charge in [-0.25, -0.2) is 0 Å². The average molecular weight is 397 g/mol. The van der Waals surface area contributed by atoms with Crippen molar-refractivity contribution in [2.45, 2.75) is 43.4 Å². The zero-order chi connectivity index (χ0) is 17.8. The highest BCUT2D eigenvalue weighted by Crippen LogP contribution is 2.28. The quantitative estimate of drug-likeness (QED) is 0.780. The Balaban J connectivity index is 0.00000243. The van der Waals surface area contributed by atoms with Gasteiger partial charge in [-0.2, -0.15) is 4.98 Å². The van der Waals surface area contributed by atoms with Crippen LogP contribution in [0, 0.1) is 12.8 Å². The second-order valence-corrected chi connectivity index (χ2v) is 7.53. The van der Waals surface area contributed by atoms with E-state index in [4.69, 9.17) is 10.3 Å². The van der Waals surface area contributed by atoms with Crippen LogP contribution in [0.15, 0.2) is 33.7 Å². The van der Waals surface area contributed by atoms with Crippen molar-refractivity contribution in [3.05, 3.63) is 41.5 Å². The van der Waals surface area contributed by atoms with Gasteiger partial charge in [0.25, 0.3) is 5.91 Å². The van der Waals surface area contributed by atoms with Crippen LogP contribution in [-0.4, -0.2) is 40.1 Å². The van der Waals surface area contributed by atoms with Gasteiger partial charge in [-0.05, 0) is 44.7 Å². The SMILES string of the molecule is Cc1noc(CSc2ccccc2C(=O)N2CCC(C(C)N)CC2)n1.Cl. The molecule has 1 aliphatic rings. The summed E-state index contributed by atoms with van der Waals surface area (Å²) in [5.74, 6) is 2.35. The van der Waals surface area contributed by atoms with E-state index in [1.54, 1.807) is 18.7 Å². The topological polar surface area (TPSA) is 85.2 Å². The molecule has 0 aliphatic carbocycles. The van der Waals surface area contributed by atoms with Crippen molar-refractivity contribution in [2.24, 2.45) is 11.7 Å². The van der Waals surface area contributed by atoms with Crippen LogP contribution in [0.5, 0.6) is 0 Å².